The highest BCUT2D eigenvalue weighted by Gasteiger charge is 2.28. The molecule has 0 unspecified atom stereocenters. The number of nitrogens with one attached hydrogen (secondary N) is 1. The van der Waals surface area contributed by atoms with Gasteiger partial charge in [0, 0.05) is 17.8 Å². The zero-order chi connectivity index (χ0) is 19.4. The minimum atomic E-state index is -3.27. The van der Waals surface area contributed by atoms with Crippen LogP contribution < -0.4 is 11.1 Å². The first-order valence-corrected chi connectivity index (χ1v) is 10.2. The summed E-state index contributed by atoms with van der Waals surface area (Å²) in [5.74, 6) is -0.190. The monoisotopic (exact) mass is 374 g/mol. The van der Waals surface area contributed by atoms with Crippen LogP contribution in [0.25, 0.3) is 0 Å². The molecule has 2 rings (SSSR count). The van der Waals surface area contributed by atoms with Gasteiger partial charge in [-0.05, 0) is 56.5 Å². The van der Waals surface area contributed by atoms with E-state index in [1.807, 2.05) is 24.3 Å². The summed E-state index contributed by atoms with van der Waals surface area (Å²) in [6, 6.07) is 14.4. The van der Waals surface area contributed by atoms with Gasteiger partial charge >= 0.3 is 0 Å². The van der Waals surface area contributed by atoms with E-state index >= 15 is 0 Å². The molecule has 140 valence electrons. The van der Waals surface area contributed by atoms with E-state index in [0.29, 0.717) is 29.8 Å². The van der Waals surface area contributed by atoms with Crippen molar-refractivity contribution < 1.29 is 13.2 Å². The molecule has 0 aliphatic carbocycles. The van der Waals surface area contributed by atoms with E-state index in [9.17, 15) is 13.2 Å². The van der Waals surface area contributed by atoms with Gasteiger partial charge in [0.25, 0.3) is 0 Å². The van der Waals surface area contributed by atoms with Crippen LogP contribution in [0.15, 0.2) is 48.5 Å². The average Bonchev–Trinajstić information content (AvgIpc) is 2.53. The van der Waals surface area contributed by atoms with Gasteiger partial charge in [0.05, 0.1) is 10.5 Å². The summed E-state index contributed by atoms with van der Waals surface area (Å²) in [7, 11) is -3.27. The Morgan fingerprint density at radius 1 is 1.08 bits per heavy atom. The maximum Gasteiger partial charge on any atom is 0.224 e. The Balaban J connectivity index is 2.00. The zero-order valence-corrected chi connectivity index (χ0v) is 16.3. The van der Waals surface area contributed by atoms with Gasteiger partial charge < -0.3 is 11.1 Å². The number of hydrogen-bond acceptors (Lipinski definition) is 4. The summed E-state index contributed by atoms with van der Waals surface area (Å²) >= 11 is 0. The van der Waals surface area contributed by atoms with Gasteiger partial charge in [-0.25, -0.2) is 8.42 Å². The molecule has 2 aromatic carbocycles. The second kappa shape index (κ2) is 7.91. The van der Waals surface area contributed by atoms with Crippen LogP contribution in [-0.2, 0) is 26.8 Å². The van der Waals surface area contributed by atoms with Crippen LogP contribution in [0.2, 0.25) is 0 Å². The molecule has 0 aromatic heterocycles. The largest absolute Gasteiger partial charge is 0.399 e. The number of amides is 1. The molecule has 3 N–H and O–H groups in total. The van der Waals surface area contributed by atoms with Crippen molar-refractivity contribution >= 4 is 27.1 Å². The number of carbonyl (C=O) groups excluding carboxylic acids is 1. The molecule has 0 fully saturated rings. The Morgan fingerprint density at radius 2 is 1.77 bits per heavy atom. The Morgan fingerprint density at radius 3 is 2.42 bits per heavy atom. The molecule has 0 heterocycles. The van der Waals surface area contributed by atoms with Crippen molar-refractivity contribution in [3.05, 3.63) is 59.7 Å². The predicted molar refractivity (Wildman–Crippen MR) is 107 cm³/mol. The number of hydrogen-bond donors (Lipinski definition) is 2. The van der Waals surface area contributed by atoms with Crippen LogP contribution in [0.3, 0.4) is 0 Å². The number of nitrogen functional groups attached to an aromatic ring is 1. The van der Waals surface area contributed by atoms with Crippen molar-refractivity contribution in [3.63, 3.8) is 0 Å². The topological polar surface area (TPSA) is 89.3 Å². The summed E-state index contributed by atoms with van der Waals surface area (Å²) < 4.78 is 23.9. The van der Waals surface area contributed by atoms with E-state index in [4.69, 9.17) is 5.73 Å². The van der Waals surface area contributed by atoms with E-state index < -0.39 is 14.6 Å². The average molecular weight is 375 g/mol. The maximum absolute atomic E-state index is 12.3. The van der Waals surface area contributed by atoms with E-state index in [2.05, 4.69) is 5.32 Å². The van der Waals surface area contributed by atoms with Crippen LogP contribution in [0, 0.1) is 0 Å². The molecular formula is C20H26N2O3S. The summed E-state index contributed by atoms with van der Waals surface area (Å²) in [6.07, 6.45) is 0.856. The summed E-state index contributed by atoms with van der Waals surface area (Å²) in [4.78, 5) is 12.2. The molecule has 0 saturated carbocycles. The third-order valence-electron chi connectivity index (χ3n) is 4.18. The van der Waals surface area contributed by atoms with Gasteiger partial charge in [0.2, 0.25) is 5.91 Å². The fraction of sp³-hybridized carbons (Fsp3) is 0.350. The molecule has 0 radical (unpaired) electrons. The Hall–Kier alpha value is -2.34. The van der Waals surface area contributed by atoms with Crippen LogP contribution in [0.4, 0.5) is 11.4 Å². The van der Waals surface area contributed by atoms with E-state index in [1.54, 1.807) is 45.0 Å². The molecule has 6 heteroatoms. The summed E-state index contributed by atoms with van der Waals surface area (Å²) in [6.45, 7) is 5.05. The number of sulfone groups is 1. The van der Waals surface area contributed by atoms with Crippen molar-refractivity contribution in [1.29, 1.82) is 0 Å². The maximum atomic E-state index is 12.3. The Labute approximate surface area is 155 Å². The quantitative estimate of drug-likeness (QED) is 0.757. The SMILES string of the molecule is CC(C)(C)S(=O)(=O)Cc1cccc(NC(=O)CCc2ccccc2N)c1. The molecule has 5 nitrogen and oxygen atoms in total. The lowest BCUT2D eigenvalue weighted by atomic mass is 10.1. The van der Waals surface area contributed by atoms with E-state index in [1.165, 1.54) is 0 Å². The van der Waals surface area contributed by atoms with Crippen LogP contribution >= 0.6 is 0 Å². The smallest absolute Gasteiger partial charge is 0.224 e. The lowest BCUT2D eigenvalue weighted by molar-refractivity contribution is -0.116. The Bertz CT molecular complexity index is 884. The first-order chi connectivity index (χ1) is 12.1. The fourth-order valence-corrected chi connectivity index (χ4v) is 3.46. The molecule has 0 bridgehead atoms. The molecule has 2 aromatic rings. The first kappa shape index (κ1) is 20.0. The van der Waals surface area contributed by atoms with Crippen molar-refractivity contribution in [1.82, 2.24) is 0 Å². The van der Waals surface area contributed by atoms with Crippen molar-refractivity contribution in [2.24, 2.45) is 0 Å². The standard InChI is InChI=1S/C20H26N2O3S/c1-20(2,3)26(24,25)14-15-7-6-9-17(13-15)22-19(23)12-11-16-8-4-5-10-18(16)21/h4-10,13H,11-12,14,21H2,1-3H3,(H,22,23). The number of aryl methyl sites for hydroxylation is 1. The predicted octanol–water partition coefficient (Wildman–Crippen LogP) is 3.55. The van der Waals surface area contributed by atoms with Gasteiger partial charge in [-0.1, -0.05) is 30.3 Å². The molecule has 0 saturated heterocycles. The summed E-state index contributed by atoms with van der Waals surface area (Å²) in [5, 5.41) is 2.82. The normalized spacial score (nSPS) is 12.0. The third kappa shape index (κ3) is 5.33. The first-order valence-electron chi connectivity index (χ1n) is 8.53. The molecule has 0 aliphatic heterocycles. The van der Waals surface area contributed by atoms with Crippen molar-refractivity contribution in [3.8, 4) is 0 Å². The second-order valence-electron chi connectivity index (χ2n) is 7.32. The summed E-state index contributed by atoms with van der Waals surface area (Å²) in [5.41, 5.74) is 8.75. The highest BCUT2D eigenvalue weighted by atomic mass is 32.2. The van der Waals surface area contributed by atoms with Gasteiger partial charge in [-0.2, -0.15) is 0 Å². The van der Waals surface area contributed by atoms with Gasteiger partial charge in [-0.15, -0.1) is 0 Å². The van der Waals surface area contributed by atoms with Crippen LogP contribution in [0.1, 0.15) is 38.3 Å². The van der Waals surface area contributed by atoms with Crippen LogP contribution in [0.5, 0.6) is 0 Å². The van der Waals surface area contributed by atoms with Gasteiger partial charge in [0.15, 0.2) is 9.84 Å². The van der Waals surface area contributed by atoms with Crippen molar-refractivity contribution in [2.45, 2.75) is 44.1 Å². The van der Waals surface area contributed by atoms with E-state index in [0.717, 1.165) is 5.56 Å². The lowest BCUT2D eigenvalue weighted by Gasteiger charge is -2.19. The number of anilines is 2. The second-order valence-corrected chi connectivity index (χ2v) is 10.1. The highest BCUT2D eigenvalue weighted by molar-refractivity contribution is 7.91. The third-order valence-corrected chi connectivity index (χ3v) is 6.76. The molecule has 26 heavy (non-hydrogen) atoms. The Kier molecular flexibility index (Phi) is 6.08. The minimum absolute atomic E-state index is 0.0548. The highest BCUT2D eigenvalue weighted by Crippen LogP contribution is 2.22. The van der Waals surface area contributed by atoms with Crippen LogP contribution in [-0.4, -0.2) is 19.1 Å². The minimum Gasteiger partial charge on any atom is -0.399 e. The number of rotatable bonds is 6. The number of nitrogens with two attached hydrogens (primary N) is 1. The molecule has 0 atom stereocenters. The number of para-hydroxylation sites is 1. The molecule has 0 spiro atoms. The van der Waals surface area contributed by atoms with Gasteiger partial charge in [-0.3, -0.25) is 4.79 Å². The molecule has 1 amide bonds. The van der Waals surface area contributed by atoms with Gasteiger partial charge in [0.1, 0.15) is 0 Å². The lowest BCUT2D eigenvalue weighted by Crippen LogP contribution is -2.29. The number of benzene rings is 2. The zero-order valence-electron chi connectivity index (χ0n) is 15.5. The number of carbonyl (C=O) groups is 1. The fourth-order valence-electron chi connectivity index (χ4n) is 2.41. The molecule has 0 aliphatic rings. The molecular weight excluding hydrogens is 348 g/mol. The van der Waals surface area contributed by atoms with Crippen molar-refractivity contribution in [2.75, 3.05) is 11.1 Å². The van der Waals surface area contributed by atoms with E-state index in [-0.39, 0.29) is 11.7 Å².